The number of rotatable bonds is 5. The fraction of sp³-hybridized carbons (Fsp3) is 0.588. The van der Waals surface area contributed by atoms with Gasteiger partial charge in [0.2, 0.25) is 0 Å². The first-order valence-corrected chi connectivity index (χ1v) is 8.23. The molecule has 116 valence electrons. The summed E-state index contributed by atoms with van der Waals surface area (Å²) in [6.45, 7) is 5.17. The summed E-state index contributed by atoms with van der Waals surface area (Å²) in [6, 6.07) is 5.48. The van der Waals surface area contributed by atoms with E-state index in [9.17, 15) is 4.79 Å². The van der Waals surface area contributed by atoms with Gasteiger partial charge in [-0.2, -0.15) is 0 Å². The van der Waals surface area contributed by atoms with E-state index in [-0.39, 0.29) is 5.91 Å². The Bertz CT molecular complexity index is 496. The molecule has 2 rings (SSSR count). The first-order valence-electron chi connectivity index (χ1n) is 7.85. The van der Waals surface area contributed by atoms with Crippen molar-refractivity contribution in [3.8, 4) is 0 Å². The summed E-state index contributed by atoms with van der Waals surface area (Å²) in [7, 11) is 0. The van der Waals surface area contributed by atoms with Crippen LogP contribution in [0.4, 0.5) is 5.69 Å². The van der Waals surface area contributed by atoms with Crippen LogP contribution in [-0.2, 0) is 0 Å². The lowest BCUT2D eigenvalue weighted by Crippen LogP contribution is -2.40. The highest BCUT2D eigenvalue weighted by molar-refractivity contribution is 6.31. The Morgan fingerprint density at radius 2 is 2.05 bits per heavy atom. The summed E-state index contributed by atoms with van der Waals surface area (Å²) in [5.74, 6) is 0.612. The molecular formula is C17H25ClN2O. The van der Waals surface area contributed by atoms with Gasteiger partial charge in [0.05, 0.1) is 5.56 Å². The van der Waals surface area contributed by atoms with E-state index in [0.29, 0.717) is 28.2 Å². The minimum absolute atomic E-state index is 0.0301. The van der Waals surface area contributed by atoms with Crippen LogP contribution in [0.3, 0.4) is 0 Å². The van der Waals surface area contributed by atoms with Gasteiger partial charge >= 0.3 is 0 Å². The molecule has 1 amide bonds. The summed E-state index contributed by atoms with van der Waals surface area (Å²) in [6.07, 6.45) is 5.64. The van der Waals surface area contributed by atoms with Crippen LogP contribution >= 0.6 is 11.6 Å². The number of carbonyl (C=O) groups is 1. The second-order valence-electron chi connectivity index (χ2n) is 6.35. The lowest BCUT2D eigenvalue weighted by molar-refractivity contribution is 0.0673. The Hall–Kier alpha value is -1.22. The van der Waals surface area contributed by atoms with E-state index in [4.69, 9.17) is 17.3 Å². The van der Waals surface area contributed by atoms with Crippen LogP contribution in [-0.4, -0.2) is 23.4 Å². The van der Waals surface area contributed by atoms with Gasteiger partial charge in [-0.3, -0.25) is 4.79 Å². The minimum atomic E-state index is 0.0301. The predicted molar refractivity (Wildman–Crippen MR) is 88.6 cm³/mol. The standard InChI is InChI=1S/C17H25ClN2O/c1-12(2)9-10-20(14-5-3-4-6-14)17(21)15-11-13(18)7-8-16(15)19/h7-8,11-12,14H,3-6,9-10,19H2,1-2H3. The molecule has 0 radical (unpaired) electrons. The van der Waals surface area contributed by atoms with Crippen molar-refractivity contribution in [2.75, 3.05) is 12.3 Å². The van der Waals surface area contributed by atoms with Gasteiger partial charge in [0.1, 0.15) is 0 Å². The highest BCUT2D eigenvalue weighted by atomic mass is 35.5. The molecular weight excluding hydrogens is 284 g/mol. The summed E-state index contributed by atoms with van der Waals surface area (Å²) < 4.78 is 0. The molecule has 3 nitrogen and oxygen atoms in total. The van der Waals surface area contributed by atoms with Gasteiger partial charge in [0.15, 0.2) is 0 Å². The number of halogens is 1. The summed E-state index contributed by atoms with van der Waals surface area (Å²) in [5.41, 5.74) is 7.03. The van der Waals surface area contributed by atoms with E-state index in [0.717, 1.165) is 25.8 Å². The molecule has 0 heterocycles. The normalized spacial score (nSPS) is 15.6. The first kappa shape index (κ1) is 16.2. The molecule has 2 N–H and O–H groups in total. The zero-order chi connectivity index (χ0) is 15.4. The van der Waals surface area contributed by atoms with E-state index in [1.165, 1.54) is 12.8 Å². The maximum Gasteiger partial charge on any atom is 0.256 e. The van der Waals surface area contributed by atoms with Crippen LogP contribution in [0.2, 0.25) is 5.02 Å². The Balaban J connectivity index is 2.21. The molecule has 4 heteroatoms. The van der Waals surface area contributed by atoms with Gasteiger partial charge < -0.3 is 10.6 Å². The number of anilines is 1. The van der Waals surface area contributed by atoms with Crippen molar-refractivity contribution in [2.45, 2.75) is 52.0 Å². The molecule has 21 heavy (non-hydrogen) atoms. The zero-order valence-electron chi connectivity index (χ0n) is 12.9. The van der Waals surface area contributed by atoms with Crippen LogP contribution in [0.1, 0.15) is 56.3 Å². The summed E-state index contributed by atoms with van der Waals surface area (Å²) >= 11 is 6.03. The van der Waals surface area contributed by atoms with Gasteiger partial charge in [-0.1, -0.05) is 38.3 Å². The molecule has 1 aromatic rings. The molecule has 0 bridgehead atoms. The second kappa shape index (κ2) is 7.17. The SMILES string of the molecule is CC(C)CCN(C(=O)c1cc(Cl)ccc1N)C1CCCC1. The van der Waals surface area contributed by atoms with Gasteiger partial charge in [0, 0.05) is 23.3 Å². The Morgan fingerprint density at radius 3 is 2.67 bits per heavy atom. The first-order chi connectivity index (χ1) is 9.99. The Kier molecular flexibility index (Phi) is 5.51. The smallest absolute Gasteiger partial charge is 0.256 e. The molecule has 0 saturated heterocycles. The van der Waals surface area contributed by atoms with Crippen LogP contribution < -0.4 is 5.73 Å². The van der Waals surface area contributed by atoms with Crippen LogP contribution in [0.25, 0.3) is 0 Å². The van der Waals surface area contributed by atoms with Gasteiger partial charge in [-0.25, -0.2) is 0 Å². The van der Waals surface area contributed by atoms with Gasteiger partial charge in [-0.15, -0.1) is 0 Å². The molecule has 0 unspecified atom stereocenters. The van der Waals surface area contributed by atoms with Crippen LogP contribution in [0.5, 0.6) is 0 Å². The number of nitrogens with zero attached hydrogens (tertiary/aromatic N) is 1. The number of nitrogens with two attached hydrogens (primary N) is 1. The summed E-state index contributed by atoms with van der Waals surface area (Å²) in [5, 5.41) is 0.558. The third kappa shape index (κ3) is 4.13. The van der Waals surface area contributed by atoms with Crippen molar-refractivity contribution >= 4 is 23.2 Å². The number of nitrogen functional groups attached to an aromatic ring is 1. The van der Waals surface area contributed by atoms with Crippen molar-refractivity contribution in [3.63, 3.8) is 0 Å². The fourth-order valence-corrected chi connectivity index (χ4v) is 3.10. The Morgan fingerprint density at radius 1 is 1.38 bits per heavy atom. The van der Waals surface area contributed by atoms with E-state index in [2.05, 4.69) is 13.8 Å². The minimum Gasteiger partial charge on any atom is -0.398 e. The van der Waals surface area contributed by atoms with Crippen molar-refractivity contribution in [1.82, 2.24) is 4.90 Å². The van der Waals surface area contributed by atoms with Crippen molar-refractivity contribution in [2.24, 2.45) is 5.92 Å². The lowest BCUT2D eigenvalue weighted by atomic mass is 10.1. The number of amides is 1. The fourth-order valence-electron chi connectivity index (χ4n) is 2.93. The predicted octanol–water partition coefficient (Wildman–Crippen LogP) is 4.35. The summed E-state index contributed by atoms with van der Waals surface area (Å²) in [4.78, 5) is 14.9. The quantitative estimate of drug-likeness (QED) is 0.822. The monoisotopic (exact) mass is 308 g/mol. The van der Waals surface area contributed by atoms with E-state index >= 15 is 0 Å². The second-order valence-corrected chi connectivity index (χ2v) is 6.79. The number of hydrogen-bond donors (Lipinski definition) is 1. The van der Waals surface area contributed by atoms with E-state index in [1.807, 2.05) is 4.90 Å². The topological polar surface area (TPSA) is 46.3 Å². The molecule has 0 atom stereocenters. The molecule has 1 aliphatic carbocycles. The van der Waals surface area contributed by atoms with Crippen LogP contribution in [0, 0.1) is 5.92 Å². The van der Waals surface area contributed by atoms with E-state index in [1.54, 1.807) is 18.2 Å². The molecule has 0 spiro atoms. The van der Waals surface area contributed by atoms with Crippen molar-refractivity contribution in [1.29, 1.82) is 0 Å². The maximum atomic E-state index is 12.9. The highest BCUT2D eigenvalue weighted by Crippen LogP contribution is 2.27. The Labute approximate surface area is 132 Å². The zero-order valence-corrected chi connectivity index (χ0v) is 13.7. The largest absolute Gasteiger partial charge is 0.398 e. The van der Waals surface area contributed by atoms with Crippen molar-refractivity contribution in [3.05, 3.63) is 28.8 Å². The van der Waals surface area contributed by atoms with Gasteiger partial charge in [-0.05, 0) is 43.4 Å². The maximum absolute atomic E-state index is 12.9. The number of hydrogen-bond acceptors (Lipinski definition) is 2. The molecule has 1 aromatic carbocycles. The highest BCUT2D eigenvalue weighted by Gasteiger charge is 2.28. The van der Waals surface area contributed by atoms with Crippen molar-refractivity contribution < 1.29 is 4.79 Å². The number of carbonyl (C=O) groups excluding carboxylic acids is 1. The average molecular weight is 309 g/mol. The number of benzene rings is 1. The molecule has 0 aromatic heterocycles. The molecule has 0 aliphatic heterocycles. The van der Waals surface area contributed by atoms with Gasteiger partial charge in [0.25, 0.3) is 5.91 Å². The third-order valence-electron chi connectivity index (χ3n) is 4.22. The van der Waals surface area contributed by atoms with E-state index < -0.39 is 0 Å². The third-order valence-corrected chi connectivity index (χ3v) is 4.45. The molecule has 1 fully saturated rings. The average Bonchev–Trinajstić information content (AvgIpc) is 2.95. The lowest BCUT2D eigenvalue weighted by Gasteiger charge is -2.30. The van der Waals surface area contributed by atoms with Crippen LogP contribution in [0.15, 0.2) is 18.2 Å². The molecule has 1 saturated carbocycles. The molecule has 1 aliphatic rings.